The molecule has 0 saturated heterocycles. The first kappa shape index (κ1) is 24.8. The van der Waals surface area contributed by atoms with Crippen molar-refractivity contribution in [2.45, 2.75) is 118 Å². The highest BCUT2D eigenvalue weighted by Crippen LogP contribution is 2.75. The second kappa shape index (κ2) is 7.12. The van der Waals surface area contributed by atoms with Crippen LogP contribution in [0.5, 0.6) is 0 Å². The Bertz CT molecular complexity index is 919. The maximum Gasteiger partial charge on any atom is 0.312 e. The van der Waals surface area contributed by atoms with E-state index in [0.717, 1.165) is 44.9 Å². The molecule has 0 aromatic carbocycles. The van der Waals surface area contributed by atoms with E-state index in [2.05, 4.69) is 54.5 Å². The molecule has 4 saturated carbocycles. The molecule has 0 aromatic rings. The Labute approximate surface area is 206 Å². The van der Waals surface area contributed by atoms with Gasteiger partial charge in [0.2, 0.25) is 0 Å². The van der Waals surface area contributed by atoms with E-state index >= 15 is 0 Å². The van der Waals surface area contributed by atoms with Crippen LogP contribution in [-0.4, -0.2) is 33.5 Å². The number of carboxylic acid groups (broad SMARTS) is 1. The number of allylic oxidation sites excluding steroid dienone is 2. The minimum atomic E-state index is -1.04. The van der Waals surface area contributed by atoms with E-state index in [1.807, 2.05) is 0 Å². The van der Waals surface area contributed by atoms with Gasteiger partial charge in [0.05, 0.1) is 12.2 Å². The standard InChI is InChI=1S/C30H48O4/c1-25(2)14-15-30(24(33)34)19(16-25)18-8-9-21-27(5)12-11-22(31)26(3,4)20(27)10-13-28(21,6)29(18,7)17-23(30)32/h8,19-23,31-32H,9-17H2,1-7H3,(H,33,34)/t19?,20?,21?,22?,23?,27-,28+,29+,30+/m0/s1. The molecule has 0 bridgehead atoms. The molecule has 0 aliphatic heterocycles. The number of aliphatic carboxylic acids is 1. The maximum atomic E-state index is 12.8. The molecule has 4 heteroatoms. The SMILES string of the molecule is CC1(C)CC[C@]2(C(=O)O)C(O)C[C@]3(C)C(=CCC4[C@@]5(C)CCC(O)C(C)(C)C5CC[C@]43C)C2C1. The summed E-state index contributed by atoms with van der Waals surface area (Å²) >= 11 is 0. The van der Waals surface area contributed by atoms with Crippen molar-refractivity contribution in [1.29, 1.82) is 0 Å². The van der Waals surface area contributed by atoms with Gasteiger partial charge in [-0.25, -0.2) is 0 Å². The minimum Gasteiger partial charge on any atom is -0.481 e. The van der Waals surface area contributed by atoms with Gasteiger partial charge in [-0.2, -0.15) is 0 Å². The number of carboxylic acids is 1. The summed E-state index contributed by atoms with van der Waals surface area (Å²) in [7, 11) is 0. The van der Waals surface area contributed by atoms with Crippen molar-refractivity contribution in [2.24, 2.45) is 50.2 Å². The summed E-state index contributed by atoms with van der Waals surface area (Å²) in [6.45, 7) is 16.4. The third kappa shape index (κ3) is 2.82. The molecule has 0 amide bonds. The van der Waals surface area contributed by atoms with Crippen LogP contribution in [0.3, 0.4) is 0 Å². The summed E-state index contributed by atoms with van der Waals surface area (Å²) in [6.07, 6.45) is 9.35. The third-order valence-electron chi connectivity index (χ3n) is 13.1. The van der Waals surface area contributed by atoms with Crippen molar-refractivity contribution in [3.8, 4) is 0 Å². The van der Waals surface area contributed by atoms with Crippen molar-refractivity contribution < 1.29 is 20.1 Å². The molecule has 4 nitrogen and oxygen atoms in total. The summed E-state index contributed by atoms with van der Waals surface area (Å²) in [6, 6.07) is 0. The van der Waals surface area contributed by atoms with Crippen molar-refractivity contribution in [2.75, 3.05) is 0 Å². The predicted octanol–water partition coefficient (Wildman–Crippen LogP) is 6.20. The molecule has 5 rings (SSSR count). The van der Waals surface area contributed by atoms with Gasteiger partial charge in [-0.1, -0.05) is 60.1 Å². The molecule has 0 aromatic heterocycles. The molecular formula is C30H48O4. The minimum absolute atomic E-state index is 0.0218. The van der Waals surface area contributed by atoms with E-state index < -0.39 is 17.5 Å². The van der Waals surface area contributed by atoms with Crippen LogP contribution in [0.1, 0.15) is 106 Å². The monoisotopic (exact) mass is 472 g/mol. The quantitative estimate of drug-likeness (QED) is 0.397. The Balaban J connectivity index is 1.63. The Morgan fingerprint density at radius 2 is 1.53 bits per heavy atom. The number of carbonyl (C=O) groups is 1. The molecule has 34 heavy (non-hydrogen) atoms. The number of aliphatic hydroxyl groups is 2. The third-order valence-corrected chi connectivity index (χ3v) is 13.1. The van der Waals surface area contributed by atoms with Crippen LogP contribution in [0, 0.1) is 50.2 Å². The van der Waals surface area contributed by atoms with Gasteiger partial charge in [0.1, 0.15) is 5.41 Å². The largest absolute Gasteiger partial charge is 0.481 e. The second-order valence-electron chi connectivity index (χ2n) is 15.2. The van der Waals surface area contributed by atoms with Crippen molar-refractivity contribution in [3.05, 3.63) is 11.6 Å². The highest BCUT2D eigenvalue weighted by atomic mass is 16.4. The van der Waals surface area contributed by atoms with Gasteiger partial charge in [0.15, 0.2) is 0 Å². The van der Waals surface area contributed by atoms with E-state index in [1.54, 1.807) is 0 Å². The molecule has 192 valence electrons. The summed E-state index contributed by atoms with van der Waals surface area (Å²) in [5.41, 5.74) is 0.295. The van der Waals surface area contributed by atoms with Crippen LogP contribution in [0.15, 0.2) is 11.6 Å². The van der Waals surface area contributed by atoms with Crippen LogP contribution in [0.25, 0.3) is 0 Å². The lowest BCUT2D eigenvalue weighted by Crippen LogP contribution is -2.67. The summed E-state index contributed by atoms with van der Waals surface area (Å²) < 4.78 is 0. The number of hydrogen-bond donors (Lipinski definition) is 3. The molecule has 5 aliphatic rings. The lowest BCUT2D eigenvalue weighted by atomic mass is 9.33. The van der Waals surface area contributed by atoms with Crippen LogP contribution in [0.2, 0.25) is 0 Å². The normalized spacial score (nSPS) is 53.4. The zero-order valence-electron chi connectivity index (χ0n) is 22.6. The summed E-state index contributed by atoms with van der Waals surface area (Å²) in [5, 5.41) is 33.1. The molecule has 0 spiro atoms. The average molecular weight is 473 g/mol. The van der Waals surface area contributed by atoms with Crippen LogP contribution in [-0.2, 0) is 4.79 Å². The van der Waals surface area contributed by atoms with E-state index in [4.69, 9.17) is 0 Å². The fraction of sp³-hybridized carbons (Fsp3) is 0.900. The smallest absolute Gasteiger partial charge is 0.312 e. The van der Waals surface area contributed by atoms with Gasteiger partial charge < -0.3 is 15.3 Å². The van der Waals surface area contributed by atoms with Crippen LogP contribution in [0.4, 0.5) is 0 Å². The Kier molecular flexibility index (Phi) is 5.20. The number of rotatable bonds is 1. The fourth-order valence-electron chi connectivity index (χ4n) is 10.7. The summed E-state index contributed by atoms with van der Waals surface area (Å²) in [5.74, 6) is 0.0888. The Hall–Kier alpha value is -0.870. The van der Waals surface area contributed by atoms with Gasteiger partial charge >= 0.3 is 5.97 Å². The highest BCUT2D eigenvalue weighted by molar-refractivity contribution is 5.77. The predicted molar refractivity (Wildman–Crippen MR) is 134 cm³/mol. The summed E-state index contributed by atoms with van der Waals surface area (Å²) in [4.78, 5) is 12.8. The zero-order valence-corrected chi connectivity index (χ0v) is 22.6. The van der Waals surface area contributed by atoms with Gasteiger partial charge in [-0.05, 0) is 103 Å². The molecule has 0 heterocycles. The molecule has 3 N–H and O–H groups in total. The van der Waals surface area contributed by atoms with Gasteiger partial charge in [-0.15, -0.1) is 0 Å². The van der Waals surface area contributed by atoms with E-state index in [9.17, 15) is 20.1 Å². The first-order valence-electron chi connectivity index (χ1n) is 13.9. The first-order chi connectivity index (χ1) is 15.6. The average Bonchev–Trinajstić information content (AvgIpc) is 2.71. The number of hydrogen-bond acceptors (Lipinski definition) is 3. The van der Waals surface area contributed by atoms with Crippen molar-refractivity contribution in [3.63, 3.8) is 0 Å². The van der Waals surface area contributed by atoms with Gasteiger partial charge in [0.25, 0.3) is 0 Å². The molecule has 4 fully saturated rings. The van der Waals surface area contributed by atoms with Crippen molar-refractivity contribution >= 4 is 5.97 Å². The maximum absolute atomic E-state index is 12.8. The van der Waals surface area contributed by atoms with Gasteiger partial charge in [-0.3, -0.25) is 4.79 Å². The topological polar surface area (TPSA) is 77.8 Å². The van der Waals surface area contributed by atoms with E-state index in [-0.39, 0.29) is 39.1 Å². The number of aliphatic hydroxyl groups excluding tert-OH is 2. The molecular weight excluding hydrogens is 424 g/mol. The molecule has 5 aliphatic carbocycles. The molecule has 9 atom stereocenters. The van der Waals surface area contributed by atoms with Crippen LogP contribution >= 0.6 is 0 Å². The zero-order chi connectivity index (χ0) is 25.1. The fourth-order valence-corrected chi connectivity index (χ4v) is 10.7. The Morgan fingerprint density at radius 1 is 0.853 bits per heavy atom. The number of fused-ring (bicyclic) bond motifs is 7. The van der Waals surface area contributed by atoms with Gasteiger partial charge in [0, 0.05) is 0 Å². The molecule has 0 radical (unpaired) electrons. The second-order valence-corrected chi connectivity index (χ2v) is 15.2. The lowest BCUT2D eigenvalue weighted by molar-refractivity contribution is -0.218. The lowest BCUT2D eigenvalue weighted by Gasteiger charge is -2.71. The van der Waals surface area contributed by atoms with E-state index in [1.165, 1.54) is 5.57 Å². The molecule has 5 unspecified atom stereocenters. The van der Waals surface area contributed by atoms with Crippen LogP contribution < -0.4 is 0 Å². The Morgan fingerprint density at radius 3 is 2.18 bits per heavy atom. The first-order valence-corrected chi connectivity index (χ1v) is 13.9. The van der Waals surface area contributed by atoms with Crippen molar-refractivity contribution in [1.82, 2.24) is 0 Å². The highest BCUT2D eigenvalue weighted by Gasteiger charge is 2.71. The van der Waals surface area contributed by atoms with E-state index in [0.29, 0.717) is 24.7 Å².